The van der Waals surface area contributed by atoms with Crippen molar-refractivity contribution in [1.82, 2.24) is 10.1 Å². The Balaban J connectivity index is 1.91. The third-order valence-corrected chi connectivity index (χ3v) is 4.84. The lowest BCUT2D eigenvalue weighted by Gasteiger charge is -2.14. The van der Waals surface area contributed by atoms with Gasteiger partial charge in [0.2, 0.25) is 5.82 Å². The molecule has 0 atom stereocenters. The van der Waals surface area contributed by atoms with Crippen LogP contribution in [-0.4, -0.2) is 22.9 Å². The zero-order chi connectivity index (χ0) is 19.6. The summed E-state index contributed by atoms with van der Waals surface area (Å²) in [5, 5.41) is 4.63. The summed E-state index contributed by atoms with van der Waals surface area (Å²) in [4.78, 5) is 4.52. The summed E-state index contributed by atoms with van der Waals surface area (Å²) in [7, 11) is 0. The van der Waals surface area contributed by atoms with Crippen molar-refractivity contribution < 1.29 is 14.0 Å². The van der Waals surface area contributed by atoms with Gasteiger partial charge in [-0.05, 0) is 86.2 Å². The second-order valence-corrected chi connectivity index (χ2v) is 7.84. The van der Waals surface area contributed by atoms with E-state index in [1.54, 1.807) is 12.1 Å². The van der Waals surface area contributed by atoms with Crippen LogP contribution in [0.15, 0.2) is 34.9 Å². The normalized spacial score (nSPS) is 11.1. The van der Waals surface area contributed by atoms with Crippen molar-refractivity contribution in [2.24, 2.45) is 0 Å². The van der Waals surface area contributed by atoms with E-state index < -0.39 is 0 Å². The van der Waals surface area contributed by atoms with E-state index in [2.05, 4.69) is 32.7 Å². The molecule has 3 aromatic rings. The molecule has 0 aliphatic carbocycles. The maximum Gasteiger partial charge on any atom is 0.258 e. The third kappa shape index (κ3) is 4.55. The van der Waals surface area contributed by atoms with Crippen LogP contribution in [0.2, 0.25) is 5.02 Å². The van der Waals surface area contributed by atoms with E-state index in [0.29, 0.717) is 29.1 Å². The second-order valence-electron chi connectivity index (χ2n) is 6.27. The molecule has 0 fully saturated rings. The van der Waals surface area contributed by atoms with E-state index in [0.717, 1.165) is 26.0 Å². The molecule has 3 rings (SSSR count). The number of aromatic nitrogens is 2. The number of hydrogen-bond acceptors (Lipinski definition) is 5. The largest absolute Gasteiger partial charge is 0.492 e. The molecule has 5 nitrogen and oxygen atoms in total. The molecule has 27 heavy (non-hydrogen) atoms. The fraction of sp³-hybridized carbons (Fsp3) is 0.300. The standard InChI is InChI=1S/C20H20ClIN2O3/c1-5-25-17-7-6-13(9-15(17)21)20-23-19(24-27-20)14-8-12(4)18(16(22)10-14)26-11(2)3/h6-11H,5H2,1-4H3. The van der Waals surface area contributed by atoms with Crippen LogP contribution >= 0.6 is 34.2 Å². The van der Waals surface area contributed by atoms with E-state index in [-0.39, 0.29) is 6.10 Å². The average Bonchev–Trinajstić information content (AvgIpc) is 3.10. The predicted octanol–water partition coefficient (Wildman–Crippen LogP) is 6.16. The van der Waals surface area contributed by atoms with Gasteiger partial charge in [0.15, 0.2) is 0 Å². The maximum absolute atomic E-state index is 6.25. The minimum atomic E-state index is 0.115. The Hall–Kier alpha value is -1.80. The van der Waals surface area contributed by atoms with E-state index in [4.69, 9.17) is 25.6 Å². The predicted molar refractivity (Wildman–Crippen MR) is 115 cm³/mol. The molecule has 7 heteroatoms. The first-order chi connectivity index (χ1) is 12.9. The molecule has 0 radical (unpaired) electrons. The molecule has 0 spiro atoms. The van der Waals surface area contributed by atoms with Crippen molar-refractivity contribution in [2.75, 3.05) is 6.61 Å². The summed E-state index contributed by atoms with van der Waals surface area (Å²) < 4.78 is 17.8. The fourth-order valence-corrected chi connectivity index (χ4v) is 3.73. The minimum absolute atomic E-state index is 0.115. The molecule has 142 valence electrons. The summed E-state index contributed by atoms with van der Waals surface area (Å²) in [6.07, 6.45) is 0.115. The molecule has 1 heterocycles. The van der Waals surface area contributed by atoms with Gasteiger partial charge in [-0.15, -0.1) is 0 Å². The molecule has 2 aromatic carbocycles. The molecule has 0 unspecified atom stereocenters. The SMILES string of the molecule is CCOc1ccc(-c2nc(-c3cc(C)c(OC(C)C)c(I)c3)no2)cc1Cl. The fourth-order valence-electron chi connectivity index (χ4n) is 2.61. The molecular weight excluding hydrogens is 479 g/mol. The Morgan fingerprint density at radius 1 is 1.19 bits per heavy atom. The Kier molecular flexibility index (Phi) is 6.26. The zero-order valence-corrected chi connectivity index (χ0v) is 18.5. The first-order valence-electron chi connectivity index (χ1n) is 8.62. The number of aryl methyl sites for hydroxylation is 1. The summed E-state index contributed by atoms with van der Waals surface area (Å²) in [6.45, 7) is 8.50. The highest BCUT2D eigenvalue weighted by molar-refractivity contribution is 14.1. The lowest BCUT2D eigenvalue weighted by atomic mass is 10.1. The van der Waals surface area contributed by atoms with E-state index >= 15 is 0 Å². The van der Waals surface area contributed by atoms with Crippen molar-refractivity contribution in [3.63, 3.8) is 0 Å². The van der Waals surface area contributed by atoms with Crippen molar-refractivity contribution in [1.29, 1.82) is 0 Å². The summed E-state index contributed by atoms with van der Waals surface area (Å²) >= 11 is 8.52. The van der Waals surface area contributed by atoms with Gasteiger partial charge >= 0.3 is 0 Å². The zero-order valence-electron chi connectivity index (χ0n) is 15.5. The Morgan fingerprint density at radius 2 is 1.96 bits per heavy atom. The number of nitrogens with zero attached hydrogens (tertiary/aromatic N) is 2. The lowest BCUT2D eigenvalue weighted by Crippen LogP contribution is -2.08. The number of benzene rings is 2. The highest BCUT2D eigenvalue weighted by Gasteiger charge is 2.16. The van der Waals surface area contributed by atoms with Gasteiger partial charge in [0.1, 0.15) is 11.5 Å². The molecule has 0 N–H and O–H groups in total. The van der Waals surface area contributed by atoms with Crippen LogP contribution in [0.1, 0.15) is 26.3 Å². The van der Waals surface area contributed by atoms with Crippen LogP contribution in [0.5, 0.6) is 11.5 Å². The van der Waals surface area contributed by atoms with Crippen LogP contribution < -0.4 is 9.47 Å². The molecule has 0 saturated carbocycles. The quantitative estimate of drug-likeness (QED) is 0.381. The van der Waals surface area contributed by atoms with E-state index in [1.165, 1.54) is 0 Å². The van der Waals surface area contributed by atoms with Gasteiger partial charge in [-0.1, -0.05) is 16.8 Å². The lowest BCUT2D eigenvalue weighted by molar-refractivity contribution is 0.239. The third-order valence-electron chi connectivity index (χ3n) is 3.75. The van der Waals surface area contributed by atoms with Crippen molar-refractivity contribution >= 4 is 34.2 Å². The molecular formula is C20H20ClIN2O3. The number of hydrogen-bond donors (Lipinski definition) is 0. The van der Waals surface area contributed by atoms with Gasteiger partial charge in [-0.25, -0.2) is 0 Å². The number of rotatable bonds is 6. The molecule has 0 saturated heterocycles. The molecule has 0 bridgehead atoms. The maximum atomic E-state index is 6.25. The summed E-state index contributed by atoms with van der Waals surface area (Å²) in [6, 6.07) is 9.40. The van der Waals surface area contributed by atoms with Crippen molar-refractivity contribution in [3.05, 3.63) is 44.5 Å². The molecule has 0 aliphatic rings. The van der Waals surface area contributed by atoms with Crippen LogP contribution in [0.4, 0.5) is 0 Å². The van der Waals surface area contributed by atoms with Gasteiger partial charge in [0, 0.05) is 11.1 Å². The highest BCUT2D eigenvalue weighted by atomic mass is 127. The van der Waals surface area contributed by atoms with Gasteiger partial charge in [0.05, 0.1) is 21.3 Å². The first-order valence-corrected chi connectivity index (χ1v) is 10.1. The second kappa shape index (κ2) is 8.48. The summed E-state index contributed by atoms with van der Waals surface area (Å²) in [5.41, 5.74) is 2.65. The smallest absolute Gasteiger partial charge is 0.258 e. The van der Waals surface area contributed by atoms with Gasteiger partial charge < -0.3 is 14.0 Å². The van der Waals surface area contributed by atoms with Crippen LogP contribution in [0, 0.1) is 10.5 Å². The van der Waals surface area contributed by atoms with Crippen LogP contribution in [0.25, 0.3) is 22.8 Å². The van der Waals surface area contributed by atoms with Crippen molar-refractivity contribution in [2.45, 2.75) is 33.8 Å². The topological polar surface area (TPSA) is 57.4 Å². The van der Waals surface area contributed by atoms with Gasteiger partial charge in [0.25, 0.3) is 5.89 Å². The molecule has 0 amide bonds. The Morgan fingerprint density at radius 3 is 2.59 bits per heavy atom. The Bertz CT molecular complexity index is 933. The highest BCUT2D eigenvalue weighted by Crippen LogP contribution is 2.33. The van der Waals surface area contributed by atoms with E-state index in [1.807, 2.05) is 45.9 Å². The monoisotopic (exact) mass is 498 g/mol. The Labute approximate surface area is 177 Å². The summed E-state index contributed by atoms with van der Waals surface area (Å²) in [5.74, 6) is 2.45. The number of ether oxygens (including phenoxy) is 2. The first kappa shape index (κ1) is 19.9. The van der Waals surface area contributed by atoms with Crippen LogP contribution in [0.3, 0.4) is 0 Å². The van der Waals surface area contributed by atoms with Crippen molar-refractivity contribution in [3.8, 4) is 34.3 Å². The van der Waals surface area contributed by atoms with E-state index in [9.17, 15) is 0 Å². The van der Waals surface area contributed by atoms with Gasteiger partial charge in [-0.2, -0.15) is 4.98 Å². The minimum Gasteiger partial charge on any atom is -0.492 e. The average molecular weight is 499 g/mol. The molecule has 0 aliphatic heterocycles. The number of halogens is 2. The van der Waals surface area contributed by atoms with Gasteiger partial charge in [-0.3, -0.25) is 0 Å². The molecule has 1 aromatic heterocycles. The van der Waals surface area contributed by atoms with Crippen LogP contribution in [-0.2, 0) is 0 Å².